The molecule has 1 aliphatic carbocycles. The van der Waals surface area contributed by atoms with E-state index in [0.29, 0.717) is 16.4 Å². The van der Waals surface area contributed by atoms with Crippen molar-refractivity contribution in [3.8, 4) is 11.1 Å². The van der Waals surface area contributed by atoms with Crippen LogP contribution in [0.1, 0.15) is 43.0 Å². The number of carbonyl (C=O) groups excluding carboxylic acids is 2. The van der Waals surface area contributed by atoms with Gasteiger partial charge in [-0.3, -0.25) is 9.69 Å². The summed E-state index contributed by atoms with van der Waals surface area (Å²) in [6.07, 6.45) is -0.691. The van der Waals surface area contributed by atoms with Crippen molar-refractivity contribution in [2.24, 2.45) is 0 Å². The number of alkyl carbamates (subject to hydrolysis) is 1. The minimum absolute atomic E-state index is 0.0276. The Labute approximate surface area is 248 Å². The second-order valence-electron chi connectivity index (χ2n) is 10.2. The monoisotopic (exact) mass is 584 g/mol. The van der Waals surface area contributed by atoms with E-state index in [-0.39, 0.29) is 31.3 Å². The van der Waals surface area contributed by atoms with Crippen molar-refractivity contribution in [2.45, 2.75) is 32.0 Å². The molecule has 5 rings (SSSR count). The van der Waals surface area contributed by atoms with E-state index in [1.54, 1.807) is 6.92 Å². The third-order valence-electron chi connectivity index (χ3n) is 7.20. The fraction of sp³-hybridized carbons (Fsp3) is 0.250. The molecule has 2 amide bonds. The molecule has 0 spiro atoms. The normalized spacial score (nSPS) is 12.8. The summed E-state index contributed by atoms with van der Waals surface area (Å²) >= 11 is 1.21. The number of aromatic carboxylic acids is 1. The number of amides is 2. The first-order valence-corrected chi connectivity index (χ1v) is 14.4. The number of nitrogens with zero attached hydrogens (tertiary/aromatic N) is 2. The van der Waals surface area contributed by atoms with Crippen LogP contribution in [0.3, 0.4) is 0 Å². The van der Waals surface area contributed by atoms with Crippen LogP contribution in [0.2, 0.25) is 0 Å². The van der Waals surface area contributed by atoms with Crippen LogP contribution >= 0.6 is 11.3 Å². The maximum atomic E-state index is 13.3. The predicted molar refractivity (Wildman–Crippen MR) is 160 cm³/mol. The highest BCUT2D eigenvalue weighted by molar-refractivity contribution is 7.11. The van der Waals surface area contributed by atoms with Crippen molar-refractivity contribution >= 4 is 29.3 Å². The summed E-state index contributed by atoms with van der Waals surface area (Å²) in [5.41, 5.74) is 5.50. The maximum absolute atomic E-state index is 13.3. The molecule has 0 fully saturated rings. The Bertz CT molecular complexity index is 1540. The van der Waals surface area contributed by atoms with E-state index in [1.165, 1.54) is 11.3 Å². The van der Waals surface area contributed by atoms with Crippen LogP contribution in [0.4, 0.5) is 4.79 Å². The lowest BCUT2D eigenvalue weighted by Crippen LogP contribution is -2.52. The number of nitrogens with one attached hydrogen (secondary N) is 2. The van der Waals surface area contributed by atoms with Crippen molar-refractivity contribution in [1.29, 1.82) is 0 Å². The van der Waals surface area contributed by atoms with Gasteiger partial charge in [0.25, 0.3) is 0 Å². The molecule has 0 radical (unpaired) electrons. The van der Waals surface area contributed by atoms with Gasteiger partial charge >= 0.3 is 12.1 Å². The fourth-order valence-electron chi connectivity index (χ4n) is 5.26. The Balaban J connectivity index is 1.25. The van der Waals surface area contributed by atoms with Gasteiger partial charge in [0.1, 0.15) is 17.7 Å². The summed E-state index contributed by atoms with van der Waals surface area (Å²) in [6, 6.07) is 25.1. The average molecular weight is 585 g/mol. The zero-order valence-corrected chi connectivity index (χ0v) is 24.2. The number of hydrogen-bond donors (Lipinski definition) is 3. The topological polar surface area (TPSA) is 121 Å². The van der Waals surface area contributed by atoms with Gasteiger partial charge in [0.05, 0.1) is 6.54 Å². The molecule has 1 aliphatic rings. The third-order valence-corrected chi connectivity index (χ3v) is 8.17. The molecule has 1 aromatic heterocycles. The van der Waals surface area contributed by atoms with Gasteiger partial charge in [-0.1, -0.05) is 78.9 Å². The molecule has 4 aromatic rings. The van der Waals surface area contributed by atoms with Crippen LogP contribution in [0, 0.1) is 6.92 Å². The van der Waals surface area contributed by atoms with E-state index in [1.807, 2.05) is 78.7 Å². The van der Waals surface area contributed by atoms with E-state index in [0.717, 1.165) is 27.8 Å². The van der Waals surface area contributed by atoms with Crippen LogP contribution < -0.4 is 10.6 Å². The predicted octanol–water partition coefficient (Wildman–Crippen LogP) is 4.81. The van der Waals surface area contributed by atoms with E-state index in [9.17, 15) is 19.5 Å². The van der Waals surface area contributed by atoms with Crippen LogP contribution in [0.15, 0.2) is 78.9 Å². The lowest BCUT2D eigenvalue weighted by atomic mass is 9.98. The van der Waals surface area contributed by atoms with Gasteiger partial charge < -0.3 is 20.5 Å². The van der Waals surface area contributed by atoms with E-state index >= 15 is 0 Å². The third kappa shape index (κ3) is 6.67. The summed E-state index contributed by atoms with van der Waals surface area (Å²) < 4.78 is 5.70. The van der Waals surface area contributed by atoms with Crippen molar-refractivity contribution < 1.29 is 24.2 Å². The van der Waals surface area contributed by atoms with Crippen molar-refractivity contribution in [3.63, 3.8) is 0 Å². The standard InChI is InChI=1S/C32H32N4O5S/c1-20-29(31(38)39)35-28(42-20)16-33-30(37)27(18-36(2)17-21-10-4-3-5-11-21)34-32(40)41-19-26-24-14-8-6-12-22(24)23-13-7-9-15-25(23)26/h3-15,26-27H,16-19H2,1-2H3,(H,33,37)(H,34,40)(H,38,39). The Hall–Kier alpha value is -4.54. The maximum Gasteiger partial charge on any atom is 0.407 e. The Morgan fingerprint density at radius 3 is 2.21 bits per heavy atom. The zero-order chi connectivity index (χ0) is 29.6. The van der Waals surface area contributed by atoms with Gasteiger partial charge in [0, 0.05) is 23.9 Å². The quantitative estimate of drug-likeness (QED) is 0.232. The average Bonchev–Trinajstić information content (AvgIpc) is 3.52. The molecule has 0 bridgehead atoms. The zero-order valence-electron chi connectivity index (χ0n) is 23.4. The Morgan fingerprint density at radius 1 is 0.976 bits per heavy atom. The highest BCUT2D eigenvalue weighted by Crippen LogP contribution is 2.44. The molecule has 1 heterocycles. The van der Waals surface area contributed by atoms with Crippen LogP contribution in [0.5, 0.6) is 0 Å². The van der Waals surface area contributed by atoms with Crippen LogP contribution in [-0.2, 0) is 22.6 Å². The van der Waals surface area contributed by atoms with Gasteiger partial charge in [0.2, 0.25) is 5.91 Å². The number of fused-ring (bicyclic) bond motifs is 3. The highest BCUT2D eigenvalue weighted by atomic mass is 32.1. The molecular weight excluding hydrogens is 552 g/mol. The fourth-order valence-corrected chi connectivity index (χ4v) is 6.12. The van der Waals surface area contributed by atoms with E-state index < -0.39 is 24.0 Å². The molecule has 10 heteroatoms. The number of carboxylic acid groups (broad SMARTS) is 1. The molecule has 3 aromatic carbocycles. The van der Waals surface area contributed by atoms with Crippen molar-refractivity contribution in [1.82, 2.24) is 20.5 Å². The number of carboxylic acids is 1. The number of rotatable bonds is 11. The number of thiazole rings is 1. The minimum Gasteiger partial charge on any atom is -0.476 e. The van der Waals surface area contributed by atoms with Gasteiger partial charge in [-0.2, -0.15) is 0 Å². The van der Waals surface area contributed by atoms with Gasteiger partial charge in [0.15, 0.2) is 5.69 Å². The molecule has 216 valence electrons. The number of aromatic nitrogens is 1. The largest absolute Gasteiger partial charge is 0.476 e. The van der Waals surface area contributed by atoms with E-state index in [4.69, 9.17) is 4.74 Å². The Kier molecular flexibility index (Phi) is 8.94. The molecule has 1 unspecified atom stereocenters. The first-order valence-electron chi connectivity index (χ1n) is 13.6. The summed E-state index contributed by atoms with van der Waals surface area (Å²) in [5.74, 6) is -1.64. The Morgan fingerprint density at radius 2 is 1.60 bits per heavy atom. The van der Waals surface area contributed by atoms with Crippen LogP contribution in [-0.4, -0.2) is 59.2 Å². The molecule has 3 N–H and O–H groups in total. The number of ether oxygens (including phenoxy) is 1. The lowest BCUT2D eigenvalue weighted by Gasteiger charge is -2.24. The highest BCUT2D eigenvalue weighted by Gasteiger charge is 2.30. The summed E-state index contributed by atoms with van der Waals surface area (Å²) in [6.45, 7) is 2.65. The summed E-state index contributed by atoms with van der Waals surface area (Å²) in [5, 5.41) is 15.3. The molecule has 0 saturated carbocycles. The number of likely N-dealkylation sites (N-methyl/N-ethyl adjacent to an activating group) is 1. The molecule has 0 saturated heterocycles. The SMILES string of the molecule is Cc1sc(CNC(=O)C(CN(C)Cc2ccccc2)NC(=O)OCC2c3ccccc3-c3ccccc32)nc1C(=O)O. The van der Waals surface area contributed by atoms with Gasteiger partial charge in [-0.15, -0.1) is 11.3 Å². The molecule has 42 heavy (non-hydrogen) atoms. The number of aryl methyl sites for hydroxylation is 1. The molecule has 1 atom stereocenters. The van der Waals surface area contributed by atoms with Gasteiger partial charge in [-0.25, -0.2) is 14.6 Å². The van der Waals surface area contributed by atoms with Gasteiger partial charge in [-0.05, 0) is 41.8 Å². The lowest BCUT2D eigenvalue weighted by molar-refractivity contribution is -0.123. The minimum atomic E-state index is -1.11. The first-order chi connectivity index (χ1) is 20.3. The second kappa shape index (κ2) is 13.0. The molecule has 9 nitrogen and oxygen atoms in total. The van der Waals surface area contributed by atoms with Crippen molar-refractivity contribution in [2.75, 3.05) is 20.2 Å². The van der Waals surface area contributed by atoms with Crippen molar-refractivity contribution in [3.05, 3.63) is 111 Å². The number of benzene rings is 3. The summed E-state index contributed by atoms with van der Waals surface area (Å²) in [7, 11) is 1.87. The number of hydrogen-bond acceptors (Lipinski definition) is 7. The molecule has 0 aliphatic heterocycles. The summed E-state index contributed by atoms with van der Waals surface area (Å²) in [4.78, 5) is 44.3. The van der Waals surface area contributed by atoms with E-state index in [2.05, 4.69) is 27.8 Å². The molecular formula is C32H32N4O5S. The van der Waals surface area contributed by atoms with Crippen LogP contribution in [0.25, 0.3) is 11.1 Å². The smallest absolute Gasteiger partial charge is 0.407 e. The first kappa shape index (κ1) is 29.0. The number of carbonyl (C=O) groups is 3. The second-order valence-corrected chi connectivity index (χ2v) is 11.5.